The molecule has 138 valence electrons. The first-order valence-electron chi connectivity index (χ1n) is 8.38. The summed E-state index contributed by atoms with van der Waals surface area (Å²) in [4.78, 5) is 0. The van der Waals surface area contributed by atoms with Crippen LogP contribution in [0, 0.1) is 6.92 Å². The molecule has 0 radical (unpaired) electrons. The number of ether oxygens (including phenoxy) is 1. The van der Waals surface area contributed by atoms with E-state index in [9.17, 15) is 5.11 Å². The molecule has 2 N–H and O–H groups in total. The summed E-state index contributed by atoms with van der Waals surface area (Å²) in [5, 5.41) is 14.2. The van der Waals surface area contributed by atoms with Gasteiger partial charge >= 0.3 is 0 Å². The number of benzene rings is 2. The van der Waals surface area contributed by atoms with E-state index in [0.717, 1.165) is 17.7 Å². The maximum absolute atomic E-state index is 10.1. The minimum absolute atomic E-state index is 0. The van der Waals surface area contributed by atoms with Crippen molar-refractivity contribution in [1.29, 1.82) is 0 Å². The smallest absolute Gasteiger partial charge is 0.122 e. The molecule has 2 aromatic rings. The van der Waals surface area contributed by atoms with E-state index in [1.54, 1.807) is 6.07 Å². The maximum atomic E-state index is 10.1. The third-order valence-corrected chi connectivity index (χ3v) is 4.35. The van der Waals surface area contributed by atoms with Crippen LogP contribution in [0.1, 0.15) is 36.6 Å². The second-order valence-electron chi connectivity index (χ2n) is 6.10. The zero-order valence-electron chi connectivity index (χ0n) is 15.0. The molecule has 5 heteroatoms. The third-order valence-electron chi connectivity index (χ3n) is 4.12. The summed E-state index contributed by atoms with van der Waals surface area (Å²) in [6, 6.07) is 14.2. The van der Waals surface area contributed by atoms with E-state index in [1.165, 1.54) is 11.1 Å². The van der Waals surface area contributed by atoms with Crippen molar-refractivity contribution in [3.05, 3.63) is 64.2 Å². The van der Waals surface area contributed by atoms with Gasteiger partial charge in [-0.25, -0.2) is 0 Å². The van der Waals surface area contributed by atoms with E-state index >= 15 is 0 Å². The molecule has 2 unspecified atom stereocenters. The van der Waals surface area contributed by atoms with Gasteiger partial charge in [-0.3, -0.25) is 0 Å². The number of hydrogen-bond acceptors (Lipinski definition) is 3. The molecule has 0 saturated carbocycles. The average molecular weight is 384 g/mol. The van der Waals surface area contributed by atoms with Crippen LogP contribution >= 0.6 is 24.0 Å². The van der Waals surface area contributed by atoms with Crippen LogP contribution in [0.15, 0.2) is 42.5 Å². The lowest BCUT2D eigenvalue weighted by Gasteiger charge is -2.18. The second-order valence-corrected chi connectivity index (χ2v) is 6.54. The second kappa shape index (κ2) is 10.7. The molecule has 0 fully saturated rings. The number of aliphatic hydroxyl groups is 1. The van der Waals surface area contributed by atoms with Crippen molar-refractivity contribution in [1.82, 2.24) is 5.32 Å². The highest BCUT2D eigenvalue weighted by Crippen LogP contribution is 2.22. The van der Waals surface area contributed by atoms with Gasteiger partial charge in [0.25, 0.3) is 0 Å². The first-order chi connectivity index (χ1) is 11.5. The van der Waals surface area contributed by atoms with Crippen molar-refractivity contribution >= 4 is 24.0 Å². The van der Waals surface area contributed by atoms with Gasteiger partial charge in [-0.05, 0) is 55.2 Å². The quantitative estimate of drug-likeness (QED) is 0.692. The lowest BCUT2D eigenvalue weighted by atomic mass is 10.0. The Hall–Kier alpha value is -1.26. The molecule has 0 amide bonds. The van der Waals surface area contributed by atoms with Gasteiger partial charge < -0.3 is 15.2 Å². The number of aryl methyl sites for hydroxylation is 2. The number of halogens is 2. The van der Waals surface area contributed by atoms with Crippen LogP contribution in [0.25, 0.3) is 0 Å². The molecule has 0 aliphatic carbocycles. The largest absolute Gasteiger partial charge is 0.491 e. The summed E-state index contributed by atoms with van der Waals surface area (Å²) in [5.41, 5.74) is 3.51. The molecule has 0 bridgehead atoms. The highest BCUT2D eigenvalue weighted by atomic mass is 35.5. The van der Waals surface area contributed by atoms with Crippen LogP contribution in [-0.4, -0.2) is 24.4 Å². The third kappa shape index (κ3) is 6.87. The van der Waals surface area contributed by atoms with E-state index in [-0.39, 0.29) is 25.1 Å². The van der Waals surface area contributed by atoms with E-state index in [2.05, 4.69) is 43.4 Å². The van der Waals surface area contributed by atoms with Crippen molar-refractivity contribution in [3.8, 4) is 5.75 Å². The van der Waals surface area contributed by atoms with Crippen molar-refractivity contribution < 1.29 is 9.84 Å². The topological polar surface area (TPSA) is 41.5 Å². The minimum Gasteiger partial charge on any atom is -0.491 e. The Morgan fingerprint density at radius 2 is 1.84 bits per heavy atom. The Balaban J connectivity index is 0.00000312. The predicted octanol–water partition coefficient (Wildman–Crippen LogP) is 4.72. The van der Waals surface area contributed by atoms with Crippen LogP contribution < -0.4 is 10.1 Å². The number of hydrogen-bond donors (Lipinski definition) is 2. The number of aliphatic hydroxyl groups excluding tert-OH is 1. The van der Waals surface area contributed by atoms with Gasteiger partial charge in [0.2, 0.25) is 0 Å². The molecule has 3 nitrogen and oxygen atoms in total. The fraction of sp³-hybridized carbons (Fsp3) is 0.400. The van der Waals surface area contributed by atoms with Crippen molar-refractivity contribution in [2.75, 3.05) is 13.2 Å². The average Bonchev–Trinajstić information content (AvgIpc) is 2.59. The van der Waals surface area contributed by atoms with E-state index in [1.807, 2.05) is 19.1 Å². The van der Waals surface area contributed by atoms with Crippen molar-refractivity contribution in [2.24, 2.45) is 0 Å². The monoisotopic (exact) mass is 383 g/mol. The molecule has 2 rings (SSSR count). The molecule has 0 aliphatic heterocycles. The summed E-state index contributed by atoms with van der Waals surface area (Å²) in [6.45, 7) is 6.90. The zero-order valence-corrected chi connectivity index (χ0v) is 16.5. The van der Waals surface area contributed by atoms with Crippen LogP contribution in [0.5, 0.6) is 5.75 Å². The van der Waals surface area contributed by atoms with Gasteiger partial charge in [0.1, 0.15) is 18.5 Å². The summed E-state index contributed by atoms with van der Waals surface area (Å²) >= 11 is 5.93. The lowest BCUT2D eigenvalue weighted by Crippen LogP contribution is -2.33. The summed E-state index contributed by atoms with van der Waals surface area (Å²) in [7, 11) is 0. The number of nitrogens with one attached hydrogen (secondary N) is 1. The SMILES string of the molecule is CCc1ccc(C(C)NCC(O)COc2ccc(Cl)cc2C)cc1.Cl. The van der Waals surface area contributed by atoms with Gasteiger partial charge in [0.05, 0.1) is 0 Å². The van der Waals surface area contributed by atoms with Crippen LogP contribution in [0.4, 0.5) is 0 Å². The fourth-order valence-corrected chi connectivity index (χ4v) is 2.72. The van der Waals surface area contributed by atoms with Gasteiger partial charge in [-0.1, -0.05) is 42.8 Å². The summed E-state index contributed by atoms with van der Waals surface area (Å²) in [6.07, 6.45) is 0.472. The zero-order chi connectivity index (χ0) is 17.5. The highest BCUT2D eigenvalue weighted by Gasteiger charge is 2.10. The van der Waals surface area contributed by atoms with Crippen LogP contribution in [0.3, 0.4) is 0 Å². The molecular formula is C20H27Cl2NO2. The Bertz CT molecular complexity index is 647. The van der Waals surface area contributed by atoms with Crippen LogP contribution in [0.2, 0.25) is 5.02 Å². The Morgan fingerprint density at radius 1 is 1.16 bits per heavy atom. The van der Waals surface area contributed by atoms with E-state index < -0.39 is 6.10 Å². The van der Waals surface area contributed by atoms with Gasteiger partial charge in [-0.15, -0.1) is 12.4 Å². The fourth-order valence-electron chi connectivity index (χ4n) is 2.49. The molecule has 0 heterocycles. The molecule has 0 spiro atoms. The molecule has 2 aromatic carbocycles. The van der Waals surface area contributed by atoms with Crippen LogP contribution in [-0.2, 0) is 6.42 Å². The number of rotatable bonds is 8. The normalized spacial score (nSPS) is 13.0. The maximum Gasteiger partial charge on any atom is 0.122 e. The van der Waals surface area contributed by atoms with Crippen molar-refractivity contribution in [2.45, 2.75) is 39.3 Å². The first kappa shape index (κ1) is 21.8. The highest BCUT2D eigenvalue weighted by molar-refractivity contribution is 6.30. The molecule has 0 aliphatic rings. The molecular weight excluding hydrogens is 357 g/mol. The Kier molecular flexibility index (Phi) is 9.30. The molecule has 2 atom stereocenters. The Labute approximate surface area is 161 Å². The van der Waals surface area contributed by atoms with E-state index in [0.29, 0.717) is 11.6 Å². The Morgan fingerprint density at radius 3 is 2.44 bits per heavy atom. The molecule has 25 heavy (non-hydrogen) atoms. The van der Waals surface area contributed by atoms with Gasteiger partial charge in [-0.2, -0.15) is 0 Å². The van der Waals surface area contributed by atoms with Crippen molar-refractivity contribution in [3.63, 3.8) is 0 Å². The van der Waals surface area contributed by atoms with E-state index in [4.69, 9.17) is 16.3 Å². The summed E-state index contributed by atoms with van der Waals surface area (Å²) in [5.74, 6) is 0.752. The van der Waals surface area contributed by atoms with Gasteiger partial charge in [0.15, 0.2) is 0 Å². The molecule has 0 aromatic heterocycles. The predicted molar refractivity (Wildman–Crippen MR) is 107 cm³/mol. The molecule has 0 saturated heterocycles. The lowest BCUT2D eigenvalue weighted by molar-refractivity contribution is 0.104. The minimum atomic E-state index is -0.572. The standard InChI is InChI=1S/C20H26ClNO2.ClH/c1-4-16-5-7-17(8-6-16)15(3)22-12-19(23)13-24-20-10-9-18(21)11-14(20)2;/h5-11,15,19,22-23H,4,12-13H2,1-3H3;1H. The van der Waals surface area contributed by atoms with Gasteiger partial charge in [0, 0.05) is 17.6 Å². The first-order valence-corrected chi connectivity index (χ1v) is 8.76. The summed E-state index contributed by atoms with van der Waals surface area (Å²) < 4.78 is 5.67.